The Bertz CT molecular complexity index is 376. The molecule has 0 saturated heterocycles. The fraction of sp³-hybridized carbons (Fsp3) is 0.300. The van der Waals surface area contributed by atoms with Crippen molar-refractivity contribution in [3.05, 3.63) is 23.8 Å². The molecule has 1 atom stereocenters. The number of nitrogen functional groups attached to an aromatic ring is 1. The molecule has 74 valence electrons. The van der Waals surface area contributed by atoms with E-state index in [1.165, 1.54) is 0 Å². The molecule has 2 rings (SSSR count). The van der Waals surface area contributed by atoms with Crippen molar-refractivity contribution in [1.82, 2.24) is 0 Å². The second-order valence-electron chi connectivity index (χ2n) is 3.49. The number of aliphatic carboxylic acids is 1. The van der Waals surface area contributed by atoms with Crippen LogP contribution < -0.4 is 11.1 Å². The van der Waals surface area contributed by atoms with E-state index >= 15 is 0 Å². The van der Waals surface area contributed by atoms with Gasteiger partial charge in [-0.25, -0.2) is 4.79 Å². The normalized spacial score (nSPS) is 19.6. The van der Waals surface area contributed by atoms with Crippen molar-refractivity contribution in [1.29, 1.82) is 0 Å². The SMILES string of the molecule is Nc1ccc2c(c1)CC[C@@H](C(=O)O)N2. The van der Waals surface area contributed by atoms with Crippen LogP contribution in [0.5, 0.6) is 0 Å². The summed E-state index contributed by atoms with van der Waals surface area (Å²) in [6, 6.07) is 5.03. The number of fused-ring (bicyclic) bond motifs is 1. The Morgan fingerprint density at radius 3 is 3.07 bits per heavy atom. The average Bonchev–Trinajstić information content (AvgIpc) is 2.16. The molecule has 0 spiro atoms. The van der Waals surface area contributed by atoms with Crippen molar-refractivity contribution in [3.8, 4) is 0 Å². The predicted molar refractivity (Wildman–Crippen MR) is 54.2 cm³/mol. The molecule has 0 bridgehead atoms. The molecule has 0 fully saturated rings. The first-order valence-electron chi connectivity index (χ1n) is 4.54. The lowest BCUT2D eigenvalue weighted by molar-refractivity contribution is -0.138. The van der Waals surface area contributed by atoms with Gasteiger partial charge in [-0.3, -0.25) is 0 Å². The predicted octanol–water partition coefficient (Wildman–Crippen LogP) is 1.08. The van der Waals surface area contributed by atoms with Gasteiger partial charge in [0.1, 0.15) is 6.04 Å². The minimum Gasteiger partial charge on any atom is -0.480 e. The summed E-state index contributed by atoms with van der Waals surface area (Å²) in [6.07, 6.45) is 1.39. The van der Waals surface area contributed by atoms with Gasteiger partial charge < -0.3 is 16.2 Å². The number of anilines is 2. The van der Waals surface area contributed by atoms with Crippen LogP contribution in [0, 0.1) is 0 Å². The second kappa shape index (κ2) is 3.21. The number of hydrogen-bond donors (Lipinski definition) is 3. The van der Waals surface area contributed by atoms with Crippen molar-refractivity contribution in [2.24, 2.45) is 0 Å². The van der Waals surface area contributed by atoms with Crippen LogP contribution in [-0.2, 0) is 11.2 Å². The number of hydrogen-bond acceptors (Lipinski definition) is 3. The first-order valence-corrected chi connectivity index (χ1v) is 4.54. The minimum atomic E-state index is -0.799. The zero-order chi connectivity index (χ0) is 10.1. The lowest BCUT2D eigenvalue weighted by Crippen LogP contribution is -2.33. The monoisotopic (exact) mass is 192 g/mol. The van der Waals surface area contributed by atoms with Crippen molar-refractivity contribution in [2.45, 2.75) is 18.9 Å². The van der Waals surface area contributed by atoms with Crippen LogP contribution in [0.1, 0.15) is 12.0 Å². The third kappa shape index (κ3) is 1.51. The highest BCUT2D eigenvalue weighted by atomic mass is 16.4. The average molecular weight is 192 g/mol. The van der Waals surface area contributed by atoms with E-state index in [4.69, 9.17) is 10.8 Å². The van der Waals surface area contributed by atoms with E-state index in [1.54, 1.807) is 6.07 Å². The number of aryl methyl sites for hydroxylation is 1. The highest BCUT2D eigenvalue weighted by molar-refractivity contribution is 5.79. The Labute approximate surface area is 81.7 Å². The quantitative estimate of drug-likeness (QED) is 0.582. The van der Waals surface area contributed by atoms with Gasteiger partial charge in [0, 0.05) is 11.4 Å². The summed E-state index contributed by atoms with van der Waals surface area (Å²) < 4.78 is 0. The van der Waals surface area contributed by atoms with Crippen LogP contribution in [0.25, 0.3) is 0 Å². The fourth-order valence-corrected chi connectivity index (χ4v) is 1.71. The molecule has 0 unspecified atom stereocenters. The van der Waals surface area contributed by atoms with Crippen molar-refractivity contribution in [3.63, 3.8) is 0 Å². The molecule has 1 aromatic carbocycles. The van der Waals surface area contributed by atoms with E-state index in [2.05, 4.69) is 5.32 Å². The Morgan fingerprint density at radius 2 is 2.36 bits per heavy atom. The van der Waals surface area contributed by atoms with Gasteiger partial charge in [0.15, 0.2) is 0 Å². The molecule has 1 aliphatic rings. The number of benzene rings is 1. The molecule has 4 nitrogen and oxygen atoms in total. The Balaban J connectivity index is 2.27. The van der Waals surface area contributed by atoms with Crippen LogP contribution >= 0.6 is 0 Å². The van der Waals surface area contributed by atoms with Gasteiger partial charge in [0.2, 0.25) is 0 Å². The van der Waals surface area contributed by atoms with Crippen LogP contribution in [0.4, 0.5) is 11.4 Å². The van der Waals surface area contributed by atoms with E-state index in [1.807, 2.05) is 12.1 Å². The number of nitrogens with two attached hydrogens (primary N) is 1. The number of carboxylic acids is 1. The van der Waals surface area contributed by atoms with Gasteiger partial charge in [0.25, 0.3) is 0 Å². The smallest absolute Gasteiger partial charge is 0.326 e. The maximum Gasteiger partial charge on any atom is 0.326 e. The summed E-state index contributed by atoms with van der Waals surface area (Å²) in [5.74, 6) is -0.799. The zero-order valence-electron chi connectivity index (χ0n) is 7.66. The van der Waals surface area contributed by atoms with Gasteiger partial charge in [0.05, 0.1) is 0 Å². The maximum absolute atomic E-state index is 10.7. The van der Waals surface area contributed by atoms with E-state index in [-0.39, 0.29) is 0 Å². The van der Waals surface area contributed by atoms with Gasteiger partial charge in [-0.1, -0.05) is 0 Å². The Morgan fingerprint density at radius 1 is 1.57 bits per heavy atom. The first-order chi connectivity index (χ1) is 6.66. The summed E-state index contributed by atoms with van der Waals surface area (Å²) >= 11 is 0. The molecule has 0 radical (unpaired) electrons. The summed E-state index contributed by atoms with van der Waals surface area (Å²) in [6.45, 7) is 0. The number of carboxylic acid groups (broad SMARTS) is 1. The van der Waals surface area contributed by atoms with Crippen LogP contribution in [0.3, 0.4) is 0 Å². The molecule has 1 aromatic rings. The number of nitrogens with one attached hydrogen (secondary N) is 1. The molecule has 0 aliphatic carbocycles. The van der Waals surface area contributed by atoms with Crippen LogP contribution in [0.15, 0.2) is 18.2 Å². The molecule has 0 saturated carbocycles. The van der Waals surface area contributed by atoms with Crippen LogP contribution in [0.2, 0.25) is 0 Å². The van der Waals surface area contributed by atoms with Crippen molar-refractivity contribution in [2.75, 3.05) is 11.1 Å². The van der Waals surface area contributed by atoms with Gasteiger partial charge >= 0.3 is 5.97 Å². The number of rotatable bonds is 1. The number of carbonyl (C=O) groups is 1. The molecule has 0 amide bonds. The Hall–Kier alpha value is -1.71. The summed E-state index contributed by atoms with van der Waals surface area (Å²) in [5, 5.41) is 11.8. The van der Waals surface area contributed by atoms with Crippen molar-refractivity contribution < 1.29 is 9.90 Å². The lowest BCUT2D eigenvalue weighted by atomic mass is 9.98. The van der Waals surface area contributed by atoms with Gasteiger partial charge in [-0.15, -0.1) is 0 Å². The van der Waals surface area contributed by atoms with Crippen molar-refractivity contribution >= 4 is 17.3 Å². The first kappa shape index (κ1) is 8.87. The standard InChI is InChI=1S/C10H12N2O2/c11-7-2-4-8-6(5-7)1-3-9(12-8)10(13)14/h2,4-5,9,12H,1,3,11H2,(H,13,14)/t9-/m0/s1. The zero-order valence-corrected chi connectivity index (χ0v) is 7.66. The lowest BCUT2D eigenvalue weighted by Gasteiger charge is -2.24. The molecule has 0 aromatic heterocycles. The highest BCUT2D eigenvalue weighted by Gasteiger charge is 2.22. The van der Waals surface area contributed by atoms with Gasteiger partial charge in [-0.05, 0) is 36.6 Å². The summed E-state index contributed by atoms with van der Waals surface area (Å²) in [7, 11) is 0. The third-order valence-electron chi connectivity index (χ3n) is 2.46. The van der Waals surface area contributed by atoms with E-state index in [0.29, 0.717) is 6.42 Å². The summed E-state index contributed by atoms with van der Waals surface area (Å²) in [4.78, 5) is 10.7. The van der Waals surface area contributed by atoms with E-state index in [0.717, 1.165) is 23.4 Å². The molecule has 14 heavy (non-hydrogen) atoms. The maximum atomic E-state index is 10.7. The minimum absolute atomic E-state index is 0.467. The molecule has 1 heterocycles. The topological polar surface area (TPSA) is 75.4 Å². The summed E-state index contributed by atoms with van der Waals surface area (Å²) in [5.41, 5.74) is 8.34. The molecule has 4 heteroatoms. The molecule has 1 aliphatic heterocycles. The van der Waals surface area contributed by atoms with Crippen LogP contribution in [-0.4, -0.2) is 17.1 Å². The molecular formula is C10H12N2O2. The Kier molecular flexibility index (Phi) is 2.04. The third-order valence-corrected chi connectivity index (χ3v) is 2.46. The molecular weight excluding hydrogens is 180 g/mol. The second-order valence-corrected chi connectivity index (χ2v) is 3.49. The van der Waals surface area contributed by atoms with Gasteiger partial charge in [-0.2, -0.15) is 0 Å². The molecule has 4 N–H and O–H groups in total. The fourth-order valence-electron chi connectivity index (χ4n) is 1.71. The highest BCUT2D eigenvalue weighted by Crippen LogP contribution is 2.26. The largest absolute Gasteiger partial charge is 0.480 e. The van der Waals surface area contributed by atoms with E-state index in [9.17, 15) is 4.79 Å². The van der Waals surface area contributed by atoms with E-state index < -0.39 is 12.0 Å².